The largest absolute Gasteiger partial charge is 0.492 e. The minimum atomic E-state index is -3.54. The second kappa shape index (κ2) is 7.27. The predicted octanol–water partition coefficient (Wildman–Crippen LogP) is 4.09. The molecule has 0 radical (unpaired) electrons. The van der Waals surface area contributed by atoms with Gasteiger partial charge in [-0.1, -0.05) is 50.1 Å². The number of para-hydroxylation sites is 1. The third-order valence-corrected chi connectivity index (χ3v) is 5.01. The van der Waals surface area contributed by atoms with Crippen LogP contribution in [0.1, 0.15) is 26.2 Å². The maximum atomic E-state index is 12.7. The summed E-state index contributed by atoms with van der Waals surface area (Å²) in [6.07, 6.45) is 3.11. The van der Waals surface area contributed by atoms with Crippen LogP contribution in [0.4, 0.5) is 0 Å². The summed E-state index contributed by atoms with van der Waals surface area (Å²) in [5, 5.41) is 0. The Balaban J connectivity index is 2.27. The molecule has 0 amide bonds. The standard InChI is InChI=1S/C17H20O3S/c1-2-3-9-14-20-16-12-7-8-13-17(16)21(18,19)15-10-5-4-6-11-15/h4-8,10-13H,2-3,9,14H2,1H3. The third-order valence-electron chi connectivity index (χ3n) is 3.20. The number of hydrogen-bond acceptors (Lipinski definition) is 3. The minimum Gasteiger partial charge on any atom is -0.492 e. The Hall–Kier alpha value is -1.81. The van der Waals surface area contributed by atoms with Gasteiger partial charge in [0.2, 0.25) is 9.84 Å². The maximum absolute atomic E-state index is 12.7. The molecule has 21 heavy (non-hydrogen) atoms. The van der Waals surface area contributed by atoms with Gasteiger partial charge in [0, 0.05) is 0 Å². The molecule has 0 aliphatic carbocycles. The van der Waals surface area contributed by atoms with Crippen molar-refractivity contribution in [2.24, 2.45) is 0 Å². The fraction of sp³-hybridized carbons (Fsp3) is 0.294. The minimum absolute atomic E-state index is 0.229. The van der Waals surface area contributed by atoms with Gasteiger partial charge >= 0.3 is 0 Å². The highest BCUT2D eigenvalue weighted by atomic mass is 32.2. The van der Waals surface area contributed by atoms with Crippen LogP contribution in [0, 0.1) is 0 Å². The van der Waals surface area contributed by atoms with E-state index in [0.29, 0.717) is 12.4 Å². The number of unbranched alkanes of at least 4 members (excludes halogenated alkanes) is 2. The zero-order valence-corrected chi connectivity index (χ0v) is 13.0. The van der Waals surface area contributed by atoms with E-state index in [4.69, 9.17) is 4.74 Å². The topological polar surface area (TPSA) is 43.4 Å². The zero-order chi connectivity index (χ0) is 15.1. The highest BCUT2D eigenvalue weighted by Crippen LogP contribution is 2.29. The van der Waals surface area contributed by atoms with Gasteiger partial charge in [-0.05, 0) is 30.7 Å². The van der Waals surface area contributed by atoms with Crippen LogP contribution >= 0.6 is 0 Å². The van der Waals surface area contributed by atoms with Gasteiger partial charge < -0.3 is 4.74 Å². The summed E-state index contributed by atoms with van der Waals surface area (Å²) in [4.78, 5) is 0.516. The Bertz CT molecular complexity index is 663. The summed E-state index contributed by atoms with van der Waals surface area (Å²) in [7, 11) is -3.54. The van der Waals surface area contributed by atoms with Crippen molar-refractivity contribution in [3.8, 4) is 5.75 Å². The van der Waals surface area contributed by atoms with E-state index in [2.05, 4.69) is 6.92 Å². The van der Waals surface area contributed by atoms with Crippen LogP contribution in [-0.2, 0) is 9.84 Å². The van der Waals surface area contributed by atoms with Gasteiger partial charge in [-0.3, -0.25) is 0 Å². The van der Waals surface area contributed by atoms with E-state index >= 15 is 0 Å². The molecule has 0 aromatic heterocycles. The van der Waals surface area contributed by atoms with E-state index in [9.17, 15) is 8.42 Å². The Morgan fingerprint density at radius 2 is 1.57 bits per heavy atom. The van der Waals surface area contributed by atoms with Crippen LogP contribution in [0.2, 0.25) is 0 Å². The van der Waals surface area contributed by atoms with Crippen molar-refractivity contribution in [1.82, 2.24) is 0 Å². The number of hydrogen-bond donors (Lipinski definition) is 0. The van der Waals surface area contributed by atoms with Crippen molar-refractivity contribution in [3.63, 3.8) is 0 Å². The molecule has 0 N–H and O–H groups in total. The molecule has 2 aromatic rings. The first kappa shape index (κ1) is 15.6. The lowest BCUT2D eigenvalue weighted by Gasteiger charge is -2.12. The van der Waals surface area contributed by atoms with E-state index in [-0.39, 0.29) is 9.79 Å². The molecule has 112 valence electrons. The quantitative estimate of drug-likeness (QED) is 0.724. The van der Waals surface area contributed by atoms with Gasteiger partial charge in [0.15, 0.2) is 0 Å². The molecule has 0 bridgehead atoms. The van der Waals surface area contributed by atoms with E-state index in [0.717, 1.165) is 19.3 Å². The first-order valence-electron chi connectivity index (χ1n) is 7.18. The molecular weight excluding hydrogens is 284 g/mol. The van der Waals surface area contributed by atoms with Crippen molar-refractivity contribution in [2.45, 2.75) is 36.0 Å². The second-order valence-electron chi connectivity index (χ2n) is 4.82. The van der Waals surface area contributed by atoms with Crippen molar-refractivity contribution in [1.29, 1.82) is 0 Å². The summed E-state index contributed by atoms with van der Waals surface area (Å²) < 4.78 is 31.0. The smallest absolute Gasteiger partial charge is 0.210 e. The summed E-state index contributed by atoms with van der Waals surface area (Å²) in [5.41, 5.74) is 0. The van der Waals surface area contributed by atoms with Crippen LogP contribution in [0.15, 0.2) is 64.4 Å². The molecule has 0 fully saturated rings. The maximum Gasteiger partial charge on any atom is 0.210 e. The summed E-state index contributed by atoms with van der Waals surface area (Å²) in [5.74, 6) is 0.428. The molecule has 0 spiro atoms. The molecule has 0 heterocycles. The van der Waals surface area contributed by atoms with Crippen molar-refractivity contribution < 1.29 is 13.2 Å². The molecule has 3 nitrogen and oxygen atoms in total. The fourth-order valence-corrected chi connectivity index (χ4v) is 3.47. The molecule has 0 saturated heterocycles. The van der Waals surface area contributed by atoms with Crippen LogP contribution in [0.25, 0.3) is 0 Å². The van der Waals surface area contributed by atoms with Gasteiger partial charge in [-0.2, -0.15) is 0 Å². The number of sulfone groups is 1. The van der Waals surface area contributed by atoms with Crippen LogP contribution in [0.5, 0.6) is 5.75 Å². The van der Waals surface area contributed by atoms with Gasteiger partial charge in [-0.25, -0.2) is 8.42 Å². The van der Waals surface area contributed by atoms with Crippen molar-refractivity contribution >= 4 is 9.84 Å². The van der Waals surface area contributed by atoms with E-state index in [1.165, 1.54) is 0 Å². The number of rotatable bonds is 7. The van der Waals surface area contributed by atoms with E-state index in [1.807, 2.05) is 0 Å². The Morgan fingerprint density at radius 3 is 2.29 bits per heavy atom. The highest BCUT2D eigenvalue weighted by molar-refractivity contribution is 7.91. The Morgan fingerprint density at radius 1 is 0.905 bits per heavy atom. The zero-order valence-electron chi connectivity index (χ0n) is 12.2. The molecule has 0 aliphatic rings. The molecule has 0 saturated carbocycles. The molecular formula is C17H20O3S. The molecule has 0 unspecified atom stereocenters. The van der Waals surface area contributed by atoms with Crippen molar-refractivity contribution in [2.75, 3.05) is 6.61 Å². The molecule has 2 rings (SSSR count). The first-order chi connectivity index (χ1) is 10.2. The fourth-order valence-electron chi connectivity index (χ4n) is 2.05. The molecule has 2 aromatic carbocycles. The van der Waals surface area contributed by atoms with Crippen LogP contribution in [-0.4, -0.2) is 15.0 Å². The highest BCUT2D eigenvalue weighted by Gasteiger charge is 2.21. The lowest BCUT2D eigenvalue weighted by Crippen LogP contribution is -2.06. The van der Waals surface area contributed by atoms with Crippen LogP contribution < -0.4 is 4.74 Å². The summed E-state index contributed by atoms with van der Waals surface area (Å²) in [6.45, 7) is 2.66. The average molecular weight is 304 g/mol. The van der Waals surface area contributed by atoms with Gasteiger partial charge in [0.05, 0.1) is 11.5 Å². The van der Waals surface area contributed by atoms with Crippen LogP contribution in [0.3, 0.4) is 0 Å². The summed E-state index contributed by atoms with van der Waals surface area (Å²) in [6, 6.07) is 15.3. The summed E-state index contributed by atoms with van der Waals surface area (Å²) >= 11 is 0. The lowest BCUT2D eigenvalue weighted by atomic mass is 10.3. The average Bonchev–Trinajstić information content (AvgIpc) is 2.53. The first-order valence-corrected chi connectivity index (χ1v) is 8.66. The lowest BCUT2D eigenvalue weighted by molar-refractivity contribution is 0.298. The molecule has 0 atom stereocenters. The molecule has 0 aliphatic heterocycles. The number of benzene rings is 2. The third kappa shape index (κ3) is 3.85. The second-order valence-corrected chi connectivity index (χ2v) is 6.74. The monoisotopic (exact) mass is 304 g/mol. The van der Waals surface area contributed by atoms with Crippen molar-refractivity contribution in [3.05, 3.63) is 54.6 Å². The Kier molecular flexibility index (Phi) is 5.39. The normalized spacial score (nSPS) is 11.3. The van der Waals surface area contributed by atoms with Gasteiger partial charge in [0.1, 0.15) is 10.6 Å². The molecule has 4 heteroatoms. The Labute approximate surface area is 126 Å². The SMILES string of the molecule is CCCCCOc1ccccc1S(=O)(=O)c1ccccc1. The van der Waals surface area contributed by atoms with E-state index < -0.39 is 9.84 Å². The van der Waals surface area contributed by atoms with Gasteiger partial charge in [-0.15, -0.1) is 0 Å². The predicted molar refractivity (Wildman–Crippen MR) is 83.4 cm³/mol. The van der Waals surface area contributed by atoms with E-state index in [1.54, 1.807) is 54.6 Å². The van der Waals surface area contributed by atoms with Gasteiger partial charge in [0.25, 0.3) is 0 Å². The number of ether oxygens (including phenoxy) is 1.